The number of carbonyl (C=O) groups is 1. The molecule has 1 atom stereocenters. The number of nitrogens with zero attached hydrogens (tertiary/aromatic N) is 1. The van der Waals surface area contributed by atoms with Gasteiger partial charge in [-0.3, -0.25) is 9.69 Å². The van der Waals surface area contributed by atoms with Crippen LogP contribution in [-0.4, -0.2) is 40.8 Å². The number of aliphatic hydroxyl groups is 1. The van der Waals surface area contributed by atoms with E-state index in [1.54, 1.807) is 0 Å². The van der Waals surface area contributed by atoms with Gasteiger partial charge in [0.25, 0.3) is 0 Å². The van der Waals surface area contributed by atoms with Gasteiger partial charge in [0.15, 0.2) is 0 Å². The number of hydrogen-bond donors (Lipinski definition) is 1. The summed E-state index contributed by atoms with van der Waals surface area (Å²) in [7, 11) is 0. The molecule has 0 aliphatic rings. The third-order valence-corrected chi connectivity index (χ3v) is 2.87. The van der Waals surface area contributed by atoms with E-state index in [1.165, 1.54) is 0 Å². The molecule has 0 saturated carbocycles. The van der Waals surface area contributed by atoms with Crippen molar-refractivity contribution in [1.29, 1.82) is 0 Å². The predicted molar refractivity (Wildman–Crippen MR) is 79.2 cm³/mol. The van der Waals surface area contributed by atoms with Crippen molar-refractivity contribution in [3.8, 4) is 0 Å². The van der Waals surface area contributed by atoms with Gasteiger partial charge in [0, 0.05) is 12.6 Å². The lowest BCUT2D eigenvalue weighted by molar-refractivity contribution is -0.157. The Hall–Kier alpha value is -1.39. The zero-order valence-corrected chi connectivity index (χ0v) is 12.8. The van der Waals surface area contributed by atoms with Crippen molar-refractivity contribution in [2.75, 3.05) is 13.2 Å². The first-order valence-electron chi connectivity index (χ1n) is 6.92. The molecule has 20 heavy (non-hydrogen) atoms. The molecule has 0 aromatic heterocycles. The van der Waals surface area contributed by atoms with Gasteiger partial charge in [-0.2, -0.15) is 0 Å². The van der Waals surface area contributed by atoms with Crippen molar-refractivity contribution in [3.63, 3.8) is 0 Å². The fourth-order valence-corrected chi connectivity index (χ4v) is 1.84. The van der Waals surface area contributed by atoms with Crippen LogP contribution < -0.4 is 0 Å². The van der Waals surface area contributed by atoms with Gasteiger partial charge in [0.05, 0.1) is 13.2 Å². The second kappa shape index (κ2) is 7.41. The Labute approximate surface area is 121 Å². The van der Waals surface area contributed by atoms with Gasteiger partial charge in [-0.15, -0.1) is 0 Å². The van der Waals surface area contributed by atoms with Crippen LogP contribution in [0.2, 0.25) is 0 Å². The summed E-state index contributed by atoms with van der Waals surface area (Å²) in [5.74, 6) is -0.270. The number of ether oxygens (including phenoxy) is 1. The second-order valence-electron chi connectivity index (χ2n) is 6.01. The Bertz CT molecular complexity index is 411. The molecule has 0 fully saturated rings. The number of aliphatic hydroxyl groups excluding tert-OH is 1. The number of carbonyl (C=O) groups excluding carboxylic acids is 1. The van der Waals surface area contributed by atoms with Crippen LogP contribution in [-0.2, 0) is 16.1 Å². The van der Waals surface area contributed by atoms with E-state index in [-0.39, 0.29) is 25.2 Å². The average Bonchev–Trinajstić information content (AvgIpc) is 2.36. The number of benzene rings is 1. The van der Waals surface area contributed by atoms with Crippen molar-refractivity contribution in [3.05, 3.63) is 35.9 Å². The van der Waals surface area contributed by atoms with Crippen LogP contribution >= 0.6 is 0 Å². The van der Waals surface area contributed by atoms with Crippen molar-refractivity contribution in [1.82, 2.24) is 4.90 Å². The second-order valence-corrected chi connectivity index (χ2v) is 6.01. The first-order valence-corrected chi connectivity index (χ1v) is 6.92. The zero-order valence-electron chi connectivity index (χ0n) is 12.8. The molecule has 0 heterocycles. The lowest BCUT2D eigenvalue weighted by Gasteiger charge is -2.28. The quantitative estimate of drug-likeness (QED) is 0.811. The number of rotatable bonds is 6. The molecule has 1 unspecified atom stereocenters. The van der Waals surface area contributed by atoms with Crippen molar-refractivity contribution in [2.24, 2.45) is 0 Å². The molecule has 1 aromatic carbocycles. The smallest absolute Gasteiger partial charge is 0.320 e. The molecule has 0 aliphatic heterocycles. The van der Waals surface area contributed by atoms with E-state index in [0.717, 1.165) is 5.56 Å². The van der Waals surface area contributed by atoms with E-state index < -0.39 is 5.60 Å². The van der Waals surface area contributed by atoms with Gasteiger partial charge in [0.1, 0.15) is 5.60 Å². The van der Waals surface area contributed by atoms with Gasteiger partial charge in [-0.05, 0) is 33.3 Å². The molecule has 1 aromatic rings. The Balaban J connectivity index is 2.68. The first kappa shape index (κ1) is 16.7. The monoisotopic (exact) mass is 279 g/mol. The zero-order chi connectivity index (χ0) is 15.2. The SMILES string of the molecule is CC(CO)N(CC(=O)OC(C)(C)C)Cc1ccccc1. The summed E-state index contributed by atoms with van der Waals surface area (Å²) in [6.45, 7) is 8.24. The average molecular weight is 279 g/mol. The molecule has 4 nitrogen and oxygen atoms in total. The number of hydrogen-bond acceptors (Lipinski definition) is 4. The maximum Gasteiger partial charge on any atom is 0.320 e. The Morgan fingerprint density at radius 1 is 1.30 bits per heavy atom. The van der Waals surface area contributed by atoms with E-state index in [2.05, 4.69) is 0 Å². The molecule has 0 radical (unpaired) electrons. The van der Waals surface area contributed by atoms with Crippen LogP contribution in [0.4, 0.5) is 0 Å². The van der Waals surface area contributed by atoms with Crippen molar-refractivity contribution >= 4 is 5.97 Å². The molecular weight excluding hydrogens is 254 g/mol. The van der Waals surface area contributed by atoms with Gasteiger partial charge < -0.3 is 9.84 Å². The molecule has 1 N–H and O–H groups in total. The highest BCUT2D eigenvalue weighted by Gasteiger charge is 2.21. The van der Waals surface area contributed by atoms with Gasteiger partial charge in [0.2, 0.25) is 0 Å². The third kappa shape index (κ3) is 6.17. The van der Waals surface area contributed by atoms with Crippen molar-refractivity contribution < 1.29 is 14.6 Å². The highest BCUT2D eigenvalue weighted by atomic mass is 16.6. The highest BCUT2D eigenvalue weighted by molar-refractivity contribution is 5.72. The van der Waals surface area contributed by atoms with E-state index in [0.29, 0.717) is 6.54 Å². The molecule has 0 spiro atoms. The summed E-state index contributed by atoms with van der Waals surface area (Å²) in [6.07, 6.45) is 0. The van der Waals surface area contributed by atoms with E-state index in [1.807, 2.05) is 62.9 Å². The maximum absolute atomic E-state index is 11.9. The van der Waals surface area contributed by atoms with Crippen LogP contribution in [0.25, 0.3) is 0 Å². The van der Waals surface area contributed by atoms with Crippen LogP contribution in [0, 0.1) is 0 Å². The standard InChI is InChI=1S/C16H25NO3/c1-13(12-18)17(10-14-8-6-5-7-9-14)11-15(19)20-16(2,3)4/h5-9,13,18H,10-12H2,1-4H3. The van der Waals surface area contributed by atoms with Crippen LogP contribution in [0.15, 0.2) is 30.3 Å². The molecule has 112 valence electrons. The van der Waals surface area contributed by atoms with Crippen LogP contribution in [0.3, 0.4) is 0 Å². The minimum Gasteiger partial charge on any atom is -0.459 e. The maximum atomic E-state index is 11.9. The van der Waals surface area contributed by atoms with Gasteiger partial charge in [-0.1, -0.05) is 30.3 Å². The molecule has 0 saturated heterocycles. The summed E-state index contributed by atoms with van der Waals surface area (Å²) >= 11 is 0. The van der Waals surface area contributed by atoms with Gasteiger partial charge >= 0.3 is 5.97 Å². The van der Waals surface area contributed by atoms with E-state index in [9.17, 15) is 9.90 Å². The molecule has 0 aliphatic carbocycles. The molecule has 4 heteroatoms. The van der Waals surface area contributed by atoms with E-state index in [4.69, 9.17) is 4.74 Å². The summed E-state index contributed by atoms with van der Waals surface area (Å²) in [4.78, 5) is 13.9. The fraction of sp³-hybridized carbons (Fsp3) is 0.562. The van der Waals surface area contributed by atoms with Crippen LogP contribution in [0.5, 0.6) is 0 Å². The van der Waals surface area contributed by atoms with Crippen LogP contribution in [0.1, 0.15) is 33.3 Å². The first-order chi connectivity index (χ1) is 9.31. The Morgan fingerprint density at radius 3 is 2.40 bits per heavy atom. The summed E-state index contributed by atoms with van der Waals surface area (Å²) in [6, 6.07) is 9.80. The topological polar surface area (TPSA) is 49.8 Å². The summed E-state index contributed by atoms with van der Waals surface area (Å²) in [5.41, 5.74) is 0.620. The minimum absolute atomic E-state index is 0.00955. The van der Waals surface area contributed by atoms with Crippen molar-refractivity contribution in [2.45, 2.75) is 45.9 Å². The normalized spacial score (nSPS) is 13.3. The van der Waals surface area contributed by atoms with Gasteiger partial charge in [-0.25, -0.2) is 0 Å². The largest absolute Gasteiger partial charge is 0.459 e. The Morgan fingerprint density at radius 2 is 1.90 bits per heavy atom. The highest BCUT2D eigenvalue weighted by Crippen LogP contribution is 2.11. The molecule has 0 amide bonds. The fourth-order valence-electron chi connectivity index (χ4n) is 1.84. The lowest BCUT2D eigenvalue weighted by Crippen LogP contribution is -2.41. The predicted octanol–water partition coefficient (Wildman–Crippen LogP) is 2.21. The summed E-state index contributed by atoms with van der Waals surface area (Å²) < 4.78 is 5.34. The summed E-state index contributed by atoms with van der Waals surface area (Å²) in [5, 5.41) is 9.33. The van der Waals surface area contributed by atoms with E-state index >= 15 is 0 Å². The third-order valence-electron chi connectivity index (χ3n) is 2.87. The molecule has 1 rings (SSSR count). The molecule has 0 bridgehead atoms. The lowest BCUT2D eigenvalue weighted by atomic mass is 10.1. The Kier molecular flexibility index (Phi) is 6.17. The minimum atomic E-state index is -0.488. The number of esters is 1. The molecular formula is C16H25NO3.